The zero-order valence-electron chi connectivity index (χ0n) is 11.6. The van der Waals surface area contributed by atoms with Crippen molar-refractivity contribution in [1.29, 1.82) is 0 Å². The van der Waals surface area contributed by atoms with Crippen LogP contribution in [-0.2, 0) is 14.6 Å². The first-order chi connectivity index (χ1) is 9.37. The van der Waals surface area contributed by atoms with E-state index >= 15 is 0 Å². The zero-order valence-corrected chi connectivity index (χ0v) is 12.4. The number of rotatable bonds is 5. The minimum absolute atomic E-state index is 0.0286. The third kappa shape index (κ3) is 4.36. The molecule has 2 N–H and O–H groups in total. The van der Waals surface area contributed by atoms with Gasteiger partial charge in [0.1, 0.15) is 0 Å². The van der Waals surface area contributed by atoms with E-state index < -0.39 is 9.84 Å². The molecule has 0 spiro atoms. The molecule has 8 heteroatoms. The molecule has 1 saturated carbocycles. The second-order valence-electron chi connectivity index (χ2n) is 5.44. The fraction of sp³-hybridized carbons (Fsp3) is 0.833. The Hall–Kier alpha value is -1.31. The topological polar surface area (TPSA) is 95.6 Å². The van der Waals surface area contributed by atoms with Gasteiger partial charge in [-0.1, -0.05) is 0 Å². The van der Waals surface area contributed by atoms with Crippen LogP contribution in [0.2, 0.25) is 0 Å². The molecule has 0 aromatic rings. The summed E-state index contributed by atoms with van der Waals surface area (Å²) in [7, 11) is -3.02. The standard InChI is InChI=1S/C12H21N3O4S/c1-9(16)15(11-4-7-20(18,19)8-11)6-5-13-12(17)14-10-2-3-10/h10-11H,2-8H2,1H3,(H2,13,14,17). The van der Waals surface area contributed by atoms with E-state index in [4.69, 9.17) is 0 Å². The molecule has 2 aliphatic rings. The van der Waals surface area contributed by atoms with Gasteiger partial charge < -0.3 is 15.5 Å². The van der Waals surface area contributed by atoms with Gasteiger partial charge in [0.2, 0.25) is 5.91 Å². The molecule has 0 bridgehead atoms. The molecule has 1 heterocycles. The van der Waals surface area contributed by atoms with Gasteiger partial charge >= 0.3 is 6.03 Å². The number of sulfone groups is 1. The van der Waals surface area contributed by atoms with Crippen LogP contribution in [0.1, 0.15) is 26.2 Å². The van der Waals surface area contributed by atoms with Crippen LogP contribution in [0.15, 0.2) is 0 Å². The van der Waals surface area contributed by atoms with Crippen molar-refractivity contribution in [2.45, 2.75) is 38.3 Å². The summed E-state index contributed by atoms with van der Waals surface area (Å²) in [4.78, 5) is 24.6. The molecule has 3 amide bonds. The number of hydrogen-bond donors (Lipinski definition) is 2. The molecule has 0 radical (unpaired) electrons. The van der Waals surface area contributed by atoms with Crippen LogP contribution in [-0.4, -0.2) is 61.9 Å². The molecular weight excluding hydrogens is 282 g/mol. The Labute approximate surface area is 119 Å². The van der Waals surface area contributed by atoms with Crippen LogP contribution in [0.4, 0.5) is 4.79 Å². The van der Waals surface area contributed by atoms with Crippen molar-refractivity contribution >= 4 is 21.8 Å². The predicted molar refractivity (Wildman–Crippen MR) is 74.0 cm³/mol. The highest BCUT2D eigenvalue weighted by Crippen LogP contribution is 2.18. The van der Waals surface area contributed by atoms with Gasteiger partial charge in [-0.2, -0.15) is 0 Å². The lowest BCUT2D eigenvalue weighted by Crippen LogP contribution is -2.46. The summed E-state index contributed by atoms with van der Waals surface area (Å²) in [6.45, 7) is 2.09. The van der Waals surface area contributed by atoms with Gasteiger partial charge in [-0.3, -0.25) is 4.79 Å². The fourth-order valence-electron chi connectivity index (χ4n) is 2.37. The Bertz CT molecular complexity index is 487. The third-order valence-electron chi connectivity index (χ3n) is 3.60. The van der Waals surface area contributed by atoms with Crippen LogP contribution in [0.3, 0.4) is 0 Å². The monoisotopic (exact) mass is 303 g/mol. The molecule has 20 heavy (non-hydrogen) atoms. The van der Waals surface area contributed by atoms with Crippen LogP contribution in [0, 0.1) is 0 Å². The Morgan fingerprint density at radius 2 is 1.95 bits per heavy atom. The average molecular weight is 303 g/mol. The van der Waals surface area contributed by atoms with Gasteiger partial charge in [0.15, 0.2) is 9.84 Å². The van der Waals surface area contributed by atoms with Gasteiger partial charge in [-0.15, -0.1) is 0 Å². The Balaban J connectivity index is 1.77. The van der Waals surface area contributed by atoms with Gasteiger partial charge in [0, 0.05) is 32.1 Å². The van der Waals surface area contributed by atoms with Crippen LogP contribution >= 0.6 is 0 Å². The summed E-state index contributed by atoms with van der Waals surface area (Å²) in [5, 5.41) is 5.48. The maximum atomic E-state index is 11.6. The highest BCUT2D eigenvalue weighted by atomic mass is 32.2. The van der Waals surface area contributed by atoms with Crippen molar-refractivity contribution in [3.8, 4) is 0 Å². The number of carbonyl (C=O) groups is 2. The van der Waals surface area contributed by atoms with E-state index in [9.17, 15) is 18.0 Å². The van der Waals surface area contributed by atoms with Crippen LogP contribution < -0.4 is 10.6 Å². The largest absolute Gasteiger partial charge is 0.337 e. The van der Waals surface area contributed by atoms with E-state index in [0.29, 0.717) is 25.6 Å². The molecule has 1 aliphatic carbocycles. The zero-order chi connectivity index (χ0) is 14.8. The van der Waals surface area contributed by atoms with Crippen molar-refractivity contribution in [3.63, 3.8) is 0 Å². The maximum absolute atomic E-state index is 11.6. The van der Waals surface area contributed by atoms with Gasteiger partial charge in [-0.25, -0.2) is 13.2 Å². The van der Waals surface area contributed by atoms with E-state index in [1.165, 1.54) is 6.92 Å². The lowest BCUT2D eigenvalue weighted by atomic mass is 10.2. The third-order valence-corrected chi connectivity index (χ3v) is 5.35. The van der Waals surface area contributed by atoms with Gasteiger partial charge in [0.25, 0.3) is 0 Å². The Kier molecular flexibility index (Phi) is 4.52. The number of urea groups is 1. The van der Waals surface area contributed by atoms with E-state index in [0.717, 1.165) is 12.8 Å². The molecule has 7 nitrogen and oxygen atoms in total. The molecule has 0 aromatic heterocycles. The quantitative estimate of drug-likeness (QED) is 0.714. The first-order valence-corrected chi connectivity index (χ1v) is 8.71. The summed E-state index contributed by atoms with van der Waals surface area (Å²) >= 11 is 0. The number of nitrogens with zero attached hydrogens (tertiary/aromatic N) is 1. The van der Waals surface area contributed by atoms with Crippen molar-refractivity contribution in [1.82, 2.24) is 15.5 Å². The molecule has 1 atom stereocenters. The number of nitrogens with one attached hydrogen (secondary N) is 2. The van der Waals surface area contributed by atoms with Crippen molar-refractivity contribution in [2.75, 3.05) is 24.6 Å². The second kappa shape index (κ2) is 5.99. The van der Waals surface area contributed by atoms with Crippen LogP contribution in [0.5, 0.6) is 0 Å². The number of carbonyl (C=O) groups excluding carboxylic acids is 2. The Morgan fingerprint density at radius 1 is 1.25 bits per heavy atom. The molecule has 2 fully saturated rings. The summed E-state index contributed by atoms with van der Waals surface area (Å²) in [6.07, 6.45) is 2.52. The number of hydrogen-bond acceptors (Lipinski definition) is 4. The lowest BCUT2D eigenvalue weighted by Gasteiger charge is -2.27. The maximum Gasteiger partial charge on any atom is 0.315 e. The normalized spacial score (nSPS) is 24.1. The van der Waals surface area contributed by atoms with E-state index in [2.05, 4.69) is 10.6 Å². The predicted octanol–water partition coefficient (Wildman–Crippen LogP) is -0.516. The van der Waals surface area contributed by atoms with Crippen LogP contribution in [0.25, 0.3) is 0 Å². The molecule has 1 aliphatic heterocycles. The number of amides is 3. The van der Waals surface area contributed by atoms with Gasteiger partial charge in [-0.05, 0) is 19.3 Å². The molecule has 114 valence electrons. The Morgan fingerprint density at radius 3 is 2.45 bits per heavy atom. The van der Waals surface area contributed by atoms with E-state index in [-0.39, 0.29) is 29.5 Å². The first-order valence-electron chi connectivity index (χ1n) is 6.89. The van der Waals surface area contributed by atoms with E-state index in [1.807, 2.05) is 0 Å². The SMILES string of the molecule is CC(=O)N(CCNC(=O)NC1CC1)C1CCS(=O)(=O)C1. The molecule has 1 saturated heterocycles. The minimum Gasteiger partial charge on any atom is -0.337 e. The summed E-state index contributed by atoms with van der Waals surface area (Å²) in [6, 6.07) is -0.195. The average Bonchev–Trinajstić information content (AvgIpc) is 3.07. The fourth-order valence-corrected chi connectivity index (χ4v) is 4.10. The molecule has 2 rings (SSSR count). The van der Waals surface area contributed by atoms with Gasteiger partial charge in [0.05, 0.1) is 11.5 Å². The van der Waals surface area contributed by atoms with E-state index in [1.54, 1.807) is 4.90 Å². The smallest absolute Gasteiger partial charge is 0.315 e. The highest BCUT2D eigenvalue weighted by molar-refractivity contribution is 7.91. The summed E-state index contributed by atoms with van der Waals surface area (Å²) in [5.41, 5.74) is 0. The van der Waals surface area contributed by atoms with Crippen molar-refractivity contribution in [2.24, 2.45) is 0 Å². The molecular formula is C12H21N3O4S. The molecule has 0 aromatic carbocycles. The molecule has 1 unspecified atom stereocenters. The second-order valence-corrected chi connectivity index (χ2v) is 7.67. The summed E-state index contributed by atoms with van der Waals surface area (Å²) in [5.74, 6) is 0.00856. The van der Waals surface area contributed by atoms with Crippen molar-refractivity contribution < 1.29 is 18.0 Å². The first kappa shape index (κ1) is 15.1. The van der Waals surface area contributed by atoms with Crippen molar-refractivity contribution in [3.05, 3.63) is 0 Å². The highest BCUT2D eigenvalue weighted by Gasteiger charge is 2.33. The minimum atomic E-state index is -3.02. The summed E-state index contributed by atoms with van der Waals surface area (Å²) < 4.78 is 22.9. The lowest BCUT2D eigenvalue weighted by molar-refractivity contribution is -0.130.